The third-order valence-electron chi connectivity index (χ3n) is 3.04. The molecule has 0 aliphatic heterocycles. The molecule has 0 bridgehead atoms. The summed E-state index contributed by atoms with van der Waals surface area (Å²) in [6, 6.07) is 7.94. The number of carbonyl (C=O) groups excluding carboxylic acids is 1. The molecular weight excluding hydrogens is 270 g/mol. The maximum absolute atomic E-state index is 11.5. The molecule has 21 heavy (non-hydrogen) atoms. The van der Waals surface area contributed by atoms with E-state index in [1.165, 1.54) is 5.56 Å². The Kier molecular flexibility index (Phi) is 7.94. The van der Waals surface area contributed by atoms with Crippen LogP contribution in [0.1, 0.15) is 38.2 Å². The second kappa shape index (κ2) is 9.80. The average Bonchev–Trinajstić information content (AvgIpc) is 2.48. The predicted octanol–water partition coefficient (Wildman–Crippen LogP) is 2.39. The van der Waals surface area contributed by atoms with Gasteiger partial charge >= 0.3 is 5.97 Å². The predicted molar refractivity (Wildman–Crippen MR) is 80.4 cm³/mol. The molecule has 0 saturated carbocycles. The molecule has 0 spiro atoms. The lowest BCUT2D eigenvalue weighted by Gasteiger charge is -2.07. The Bertz CT molecular complexity index is 442. The summed E-state index contributed by atoms with van der Waals surface area (Å²) in [6.07, 6.45) is 2.57. The van der Waals surface area contributed by atoms with Gasteiger partial charge in [-0.3, -0.25) is 9.59 Å². The maximum atomic E-state index is 11.5. The highest BCUT2D eigenvalue weighted by molar-refractivity contribution is 5.75. The van der Waals surface area contributed by atoms with E-state index in [0.717, 1.165) is 12.2 Å². The largest absolute Gasteiger partial charge is 0.494 e. The second-order valence-corrected chi connectivity index (χ2v) is 4.80. The van der Waals surface area contributed by atoms with Gasteiger partial charge in [-0.05, 0) is 37.0 Å². The molecule has 0 atom stereocenters. The van der Waals surface area contributed by atoms with E-state index in [2.05, 4.69) is 12.2 Å². The van der Waals surface area contributed by atoms with E-state index in [1.54, 1.807) is 0 Å². The lowest BCUT2D eigenvalue weighted by Crippen LogP contribution is -2.25. The normalized spacial score (nSPS) is 10.1. The van der Waals surface area contributed by atoms with Gasteiger partial charge in [-0.2, -0.15) is 0 Å². The average molecular weight is 293 g/mol. The number of ether oxygens (including phenoxy) is 1. The van der Waals surface area contributed by atoms with Crippen LogP contribution in [0.4, 0.5) is 0 Å². The number of carbonyl (C=O) groups is 2. The number of aliphatic carboxylic acids is 1. The van der Waals surface area contributed by atoms with Crippen LogP contribution in [0.5, 0.6) is 5.75 Å². The first-order valence-electron chi connectivity index (χ1n) is 7.32. The van der Waals surface area contributed by atoms with Gasteiger partial charge < -0.3 is 15.2 Å². The van der Waals surface area contributed by atoms with Crippen LogP contribution in [-0.2, 0) is 16.0 Å². The molecule has 1 rings (SSSR count). The quantitative estimate of drug-likeness (QED) is 0.649. The smallest absolute Gasteiger partial charge is 0.303 e. The van der Waals surface area contributed by atoms with Crippen molar-refractivity contribution in [2.75, 3.05) is 13.2 Å². The fourth-order valence-electron chi connectivity index (χ4n) is 1.80. The minimum atomic E-state index is -0.841. The molecule has 0 aromatic heterocycles. The zero-order chi connectivity index (χ0) is 15.5. The summed E-state index contributed by atoms with van der Waals surface area (Å²) in [4.78, 5) is 21.8. The van der Waals surface area contributed by atoms with Gasteiger partial charge in [0.15, 0.2) is 0 Å². The first-order chi connectivity index (χ1) is 10.1. The Morgan fingerprint density at radius 3 is 2.48 bits per heavy atom. The summed E-state index contributed by atoms with van der Waals surface area (Å²) in [5.74, 6) is -0.0915. The second-order valence-electron chi connectivity index (χ2n) is 4.80. The van der Waals surface area contributed by atoms with Gasteiger partial charge in [-0.1, -0.05) is 19.1 Å². The highest BCUT2D eigenvalue weighted by atomic mass is 16.5. The molecule has 5 nitrogen and oxygen atoms in total. The Morgan fingerprint density at radius 1 is 1.14 bits per heavy atom. The molecule has 5 heteroatoms. The van der Waals surface area contributed by atoms with E-state index in [9.17, 15) is 9.59 Å². The highest BCUT2D eigenvalue weighted by Crippen LogP contribution is 2.12. The number of nitrogens with one attached hydrogen (secondary N) is 1. The molecule has 0 radical (unpaired) electrons. The number of hydrogen-bond donors (Lipinski definition) is 2. The van der Waals surface area contributed by atoms with Crippen molar-refractivity contribution in [3.8, 4) is 5.75 Å². The minimum absolute atomic E-state index is 0.0645. The number of carboxylic acids is 1. The number of carboxylic acid groups (broad SMARTS) is 1. The summed E-state index contributed by atoms with van der Waals surface area (Å²) < 4.78 is 5.56. The van der Waals surface area contributed by atoms with Gasteiger partial charge in [0, 0.05) is 19.4 Å². The van der Waals surface area contributed by atoms with E-state index in [-0.39, 0.29) is 12.3 Å². The maximum Gasteiger partial charge on any atom is 0.303 e. The van der Waals surface area contributed by atoms with Gasteiger partial charge in [0.05, 0.1) is 6.61 Å². The fourth-order valence-corrected chi connectivity index (χ4v) is 1.80. The van der Waals surface area contributed by atoms with Crippen molar-refractivity contribution in [3.63, 3.8) is 0 Å². The molecule has 0 unspecified atom stereocenters. The molecule has 1 aromatic rings. The van der Waals surface area contributed by atoms with Crippen LogP contribution >= 0.6 is 0 Å². The standard InChI is InChI=1S/C16H23NO4/c1-2-13-7-9-14(10-8-13)21-12-4-5-15(18)17-11-3-6-16(19)20/h7-10H,2-6,11-12H2,1H3,(H,17,18)(H,19,20). The molecule has 0 aliphatic rings. The van der Waals surface area contributed by atoms with Crippen molar-refractivity contribution < 1.29 is 19.4 Å². The molecular formula is C16H23NO4. The van der Waals surface area contributed by atoms with Crippen molar-refractivity contribution in [3.05, 3.63) is 29.8 Å². The summed E-state index contributed by atoms with van der Waals surface area (Å²) >= 11 is 0. The van der Waals surface area contributed by atoms with Crippen LogP contribution in [0.2, 0.25) is 0 Å². The van der Waals surface area contributed by atoms with E-state index >= 15 is 0 Å². The number of benzene rings is 1. The monoisotopic (exact) mass is 293 g/mol. The molecule has 2 N–H and O–H groups in total. The van der Waals surface area contributed by atoms with Crippen LogP contribution in [0, 0.1) is 0 Å². The zero-order valence-electron chi connectivity index (χ0n) is 12.4. The lowest BCUT2D eigenvalue weighted by molar-refractivity contribution is -0.137. The third kappa shape index (κ3) is 7.97. The van der Waals surface area contributed by atoms with Crippen molar-refractivity contribution in [1.82, 2.24) is 5.32 Å². The summed E-state index contributed by atoms with van der Waals surface area (Å²) in [5.41, 5.74) is 1.27. The first-order valence-corrected chi connectivity index (χ1v) is 7.32. The van der Waals surface area contributed by atoms with E-state index in [4.69, 9.17) is 9.84 Å². The molecule has 0 heterocycles. The lowest BCUT2D eigenvalue weighted by atomic mass is 10.2. The minimum Gasteiger partial charge on any atom is -0.494 e. The first kappa shape index (κ1) is 17.0. The zero-order valence-corrected chi connectivity index (χ0v) is 12.4. The van der Waals surface area contributed by atoms with Crippen molar-refractivity contribution in [2.24, 2.45) is 0 Å². The Balaban J connectivity index is 2.07. The molecule has 0 saturated heterocycles. The SMILES string of the molecule is CCc1ccc(OCCCC(=O)NCCCC(=O)O)cc1. The number of amides is 1. The molecule has 1 amide bonds. The van der Waals surface area contributed by atoms with E-state index in [1.807, 2.05) is 24.3 Å². The molecule has 116 valence electrons. The topological polar surface area (TPSA) is 75.6 Å². The number of rotatable bonds is 10. The van der Waals surface area contributed by atoms with Gasteiger partial charge in [0.1, 0.15) is 5.75 Å². The van der Waals surface area contributed by atoms with Gasteiger partial charge in [-0.25, -0.2) is 0 Å². The Labute approximate surface area is 125 Å². The number of aryl methyl sites for hydroxylation is 1. The molecule has 0 aliphatic carbocycles. The summed E-state index contributed by atoms with van der Waals surface area (Å²) in [6.45, 7) is 3.00. The van der Waals surface area contributed by atoms with Gasteiger partial charge in [0.25, 0.3) is 0 Å². The highest BCUT2D eigenvalue weighted by Gasteiger charge is 2.02. The van der Waals surface area contributed by atoms with Crippen LogP contribution in [0.25, 0.3) is 0 Å². The van der Waals surface area contributed by atoms with E-state index in [0.29, 0.717) is 32.4 Å². The van der Waals surface area contributed by atoms with Crippen LogP contribution in [0.15, 0.2) is 24.3 Å². The van der Waals surface area contributed by atoms with E-state index < -0.39 is 5.97 Å². The summed E-state index contributed by atoms with van der Waals surface area (Å²) in [7, 11) is 0. The van der Waals surface area contributed by atoms with Crippen molar-refractivity contribution in [1.29, 1.82) is 0 Å². The van der Waals surface area contributed by atoms with Crippen molar-refractivity contribution in [2.45, 2.75) is 39.0 Å². The van der Waals surface area contributed by atoms with Crippen LogP contribution in [0.3, 0.4) is 0 Å². The molecule has 1 aromatic carbocycles. The number of hydrogen-bond acceptors (Lipinski definition) is 3. The van der Waals surface area contributed by atoms with Gasteiger partial charge in [-0.15, -0.1) is 0 Å². The Morgan fingerprint density at radius 2 is 1.86 bits per heavy atom. The van der Waals surface area contributed by atoms with Crippen molar-refractivity contribution >= 4 is 11.9 Å². The third-order valence-corrected chi connectivity index (χ3v) is 3.04. The Hall–Kier alpha value is -2.04. The summed E-state index contributed by atoms with van der Waals surface area (Å²) in [5, 5.41) is 11.2. The van der Waals surface area contributed by atoms with Crippen LogP contribution < -0.4 is 10.1 Å². The molecule has 0 fully saturated rings. The van der Waals surface area contributed by atoms with Crippen LogP contribution in [-0.4, -0.2) is 30.1 Å². The van der Waals surface area contributed by atoms with Gasteiger partial charge in [0.2, 0.25) is 5.91 Å². The fraction of sp³-hybridized carbons (Fsp3) is 0.500.